The van der Waals surface area contributed by atoms with E-state index in [2.05, 4.69) is 35.9 Å². The molecule has 0 saturated carbocycles. The number of hydrogen-bond donors (Lipinski definition) is 1. The van der Waals surface area contributed by atoms with Gasteiger partial charge in [-0.25, -0.2) is 0 Å². The highest BCUT2D eigenvalue weighted by atomic mass is 14.9. The van der Waals surface area contributed by atoms with Crippen LogP contribution in [0, 0.1) is 6.92 Å². The molecule has 0 radical (unpaired) electrons. The molecule has 1 atom stereocenters. The zero-order chi connectivity index (χ0) is 11.1. The maximum Gasteiger partial charge on any atom is 0.0372 e. The van der Waals surface area contributed by atoms with Gasteiger partial charge in [-0.1, -0.05) is 19.1 Å². The van der Waals surface area contributed by atoms with Crippen LogP contribution in [0.3, 0.4) is 0 Å². The van der Waals surface area contributed by atoms with Gasteiger partial charge in [-0.05, 0) is 37.9 Å². The minimum Gasteiger partial charge on any atom is -0.310 e. The molecular weight excluding hydrogens is 184 g/mol. The zero-order valence-electron chi connectivity index (χ0n) is 9.66. The van der Waals surface area contributed by atoms with Gasteiger partial charge in [0.2, 0.25) is 0 Å². The van der Waals surface area contributed by atoms with Gasteiger partial charge in [-0.15, -0.1) is 6.58 Å². The first-order chi connectivity index (χ1) is 7.27. The predicted octanol–water partition coefficient (Wildman–Crippen LogP) is 3.01. The minimum atomic E-state index is 0.357. The number of aryl methyl sites for hydroxylation is 1. The molecule has 1 rings (SSSR count). The van der Waals surface area contributed by atoms with E-state index in [-0.39, 0.29) is 0 Å². The Hall–Kier alpha value is -1.15. The SMILES string of the molecule is C=CCC(NCCC)c1ccc(C)nc1. The van der Waals surface area contributed by atoms with Crippen LogP contribution in [-0.2, 0) is 0 Å². The number of pyridine rings is 1. The number of hydrogen-bond acceptors (Lipinski definition) is 2. The number of rotatable bonds is 6. The molecule has 0 aliphatic carbocycles. The molecule has 0 bridgehead atoms. The number of aromatic nitrogens is 1. The Morgan fingerprint density at radius 2 is 2.33 bits per heavy atom. The normalized spacial score (nSPS) is 12.4. The maximum atomic E-state index is 4.32. The molecule has 0 amide bonds. The van der Waals surface area contributed by atoms with Crippen LogP contribution in [0.5, 0.6) is 0 Å². The van der Waals surface area contributed by atoms with Crippen LogP contribution in [-0.4, -0.2) is 11.5 Å². The highest BCUT2D eigenvalue weighted by Gasteiger charge is 2.08. The smallest absolute Gasteiger partial charge is 0.0372 e. The van der Waals surface area contributed by atoms with E-state index in [4.69, 9.17) is 0 Å². The monoisotopic (exact) mass is 204 g/mol. The number of nitrogens with one attached hydrogen (secondary N) is 1. The summed E-state index contributed by atoms with van der Waals surface area (Å²) in [4.78, 5) is 4.32. The van der Waals surface area contributed by atoms with Crippen molar-refractivity contribution in [3.05, 3.63) is 42.2 Å². The fourth-order valence-corrected chi connectivity index (χ4v) is 1.51. The van der Waals surface area contributed by atoms with E-state index in [1.54, 1.807) is 0 Å². The highest BCUT2D eigenvalue weighted by molar-refractivity contribution is 5.17. The van der Waals surface area contributed by atoms with Crippen LogP contribution in [0.2, 0.25) is 0 Å². The summed E-state index contributed by atoms with van der Waals surface area (Å²) in [6.07, 6.45) is 6.00. The van der Waals surface area contributed by atoms with Gasteiger partial charge in [0.15, 0.2) is 0 Å². The van der Waals surface area contributed by atoms with Crippen molar-refractivity contribution in [3.8, 4) is 0 Å². The quantitative estimate of drug-likeness (QED) is 0.720. The van der Waals surface area contributed by atoms with Crippen molar-refractivity contribution in [1.82, 2.24) is 10.3 Å². The van der Waals surface area contributed by atoms with Crippen LogP contribution >= 0.6 is 0 Å². The molecule has 0 saturated heterocycles. The molecule has 1 N–H and O–H groups in total. The second-order valence-corrected chi connectivity index (χ2v) is 3.76. The van der Waals surface area contributed by atoms with Crippen LogP contribution < -0.4 is 5.32 Å². The summed E-state index contributed by atoms with van der Waals surface area (Å²) in [6, 6.07) is 4.55. The summed E-state index contributed by atoms with van der Waals surface area (Å²) < 4.78 is 0. The lowest BCUT2D eigenvalue weighted by Gasteiger charge is -2.16. The van der Waals surface area contributed by atoms with Gasteiger partial charge in [-0.3, -0.25) is 4.98 Å². The molecule has 1 aromatic heterocycles. The Balaban J connectivity index is 2.69. The van der Waals surface area contributed by atoms with E-state index in [0.717, 1.165) is 25.1 Å². The average molecular weight is 204 g/mol. The van der Waals surface area contributed by atoms with E-state index in [9.17, 15) is 0 Å². The standard InChI is InChI=1S/C13H20N2/c1-4-6-13(14-9-5-2)12-8-7-11(3)15-10-12/h4,7-8,10,13-14H,1,5-6,9H2,2-3H3. The van der Waals surface area contributed by atoms with Crippen LogP contribution in [0.15, 0.2) is 31.0 Å². The molecule has 0 aliphatic heterocycles. The Morgan fingerprint density at radius 1 is 1.53 bits per heavy atom. The van der Waals surface area contributed by atoms with Crippen LogP contribution in [0.25, 0.3) is 0 Å². The molecule has 0 spiro atoms. The van der Waals surface area contributed by atoms with E-state index >= 15 is 0 Å². The average Bonchev–Trinajstić information content (AvgIpc) is 2.25. The Labute approximate surface area is 92.4 Å². The van der Waals surface area contributed by atoms with E-state index in [1.807, 2.05) is 19.2 Å². The summed E-state index contributed by atoms with van der Waals surface area (Å²) in [5, 5.41) is 3.49. The Kier molecular flexibility index (Phi) is 5.05. The van der Waals surface area contributed by atoms with Crippen molar-refractivity contribution in [1.29, 1.82) is 0 Å². The molecule has 1 aromatic rings. The van der Waals surface area contributed by atoms with Gasteiger partial charge in [0.1, 0.15) is 0 Å². The van der Waals surface area contributed by atoms with Crippen LogP contribution in [0.4, 0.5) is 0 Å². The third-order valence-electron chi connectivity index (χ3n) is 2.38. The second kappa shape index (κ2) is 6.36. The Morgan fingerprint density at radius 3 is 2.87 bits per heavy atom. The lowest BCUT2D eigenvalue weighted by atomic mass is 10.1. The topological polar surface area (TPSA) is 24.9 Å². The van der Waals surface area contributed by atoms with Crippen molar-refractivity contribution in [3.63, 3.8) is 0 Å². The summed E-state index contributed by atoms with van der Waals surface area (Å²) in [6.45, 7) is 9.00. The van der Waals surface area contributed by atoms with Crippen molar-refractivity contribution in [2.24, 2.45) is 0 Å². The van der Waals surface area contributed by atoms with Gasteiger partial charge in [0, 0.05) is 17.9 Å². The summed E-state index contributed by atoms with van der Waals surface area (Å²) in [5.74, 6) is 0. The summed E-state index contributed by atoms with van der Waals surface area (Å²) in [5.41, 5.74) is 2.31. The molecular formula is C13H20N2. The number of nitrogens with zero attached hydrogens (tertiary/aromatic N) is 1. The first kappa shape index (κ1) is 11.9. The van der Waals surface area contributed by atoms with Crippen molar-refractivity contribution >= 4 is 0 Å². The molecule has 0 fully saturated rings. The van der Waals surface area contributed by atoms with Crippen molar-refractivity contribution < 1.29 is 0 Å². The summed E-state index contributed by atoms with van der Waals surface area (Å²) in [7, 11) is 0. The van der Waals surface area contributed by atoms with Crippen molar-refractivity contribution in [2.45, 2.75) is 32.7 Å². The molecule has 2 nitrogen and oxygen atoms in total. The van der Waals surface area contributed by atoms with E-state index in [0.29, 0.717) is 6.04 Å². The molecule has 2 heteroatoms. The van der Waals surface area contributed by atoms with E-state index < -0.39 is 0 Å². The molecule has 0 aliphatic rings. The zero-order valence-corrected chi connectivity index (χ0v) is 9.66. The van der Waals surface area contributed by atoms with Crippen molar-refractivity contribution in [2.75, 3.05) is 6.54 Å². The third kappa shape index (κ3) is 3.84. The third-order valence-corrected chi connectivity index (χ3v) is 2.38. The predicted molar refractivity (Wildman–Crippen MR) is 64.8 cm³/mol. The fraction of sp³-hybridized carbons (Fsp3) is 0.462. The lowest BCUT2D eigenvalue weighted by molar-refractivity contribution is 0.535. The van der Waals surface area contributed by atoms with E-state index in [1.165, 1.54) is 5.56 Å². The largest absolute Gasteiger partial charge is 0.310 e. The van der Waals surface area contributed by atoms with Gasteiger partial charge >= 0.3 is 0 Å². The molecule has 15 heavy (non-hydrogen) atoms. The van der Waals surface area contributed by atoms with Gasteiger partial charge in [0.05, 0.1) is 0 Å². The molecule has 0 aromatic carbocycles. The molecule has 82 valence electrons. The fourth-order valence-electron chi connectivity index (χ4n) is 1.51. The minimum absolute atomic E-state index is 0.357. The van der Waals surface area contributed by atoms with Gasteiger partial charge in [-0.2, -0.15) is 0 Å². The van der Waals surface area contributed by atoms with Gasteiger partial charge < -0.3 is 5.32 Å². The second-order valence-electron chi connectivity index (χ2n) is 3.76. The molecule has 1 unspecified atom stereocenters. The lowest BCUT2D eigenvalue weighted by Crippen LogP contribution is -2.21. The Bertz CT molecular complexity index is 290. The highest BCUT2D eigenvalue weighted by Crippen LogP contribution is 2.16. The van der Waals surface area contributed by atoms with Crippen LogP contribution in [0.1, 0.15) is 37.1 Å². The first-order valence-electron chi connectivity index (χ1n) is 5.54. The summed E-state index contributed by atoms with van der Waals surface area (Å²) >= 11 is 0. The molecule has 1 heterocycles. The first-order valence-corrected chi connectivity index (χ1v) is 5.54. The van der Waals surface area contributed by atoms with Gasteiger partial charge in [0.25, 0.3) is 0 Å². The maximum absolute atomic E-state index is 4.32.